The summed E-state index contributed by atoms with van der Waals surface area (Å²) < 4.78 is 1.64. The van der Waals surface area contributed by atoms with Crippen LogP contribution in [0.15, 0.2) is 71.9 Å². The second-order valence-corrected chi connectivity index (χ2v) is 7.17. The van der Waals surface area contributed by atoms with Crippen molar-refractivity contribution in [1.82, 2.24) is 19.7 Å². The summed E-state index contributed by atoms with van der Waals surface area (Å²) in [6.45, 7) is 3.78. The van der Waals surface area contributed by atoms with Crippen LogP contribution < -0.4 is 5.56 Å². The molecule has 0 unspecified atom stereocenters. The summed E-state index contributed by atoms with van der Waals surface area (Å²) in [4.78, 5) is 19.4. The fourth-order valence-electron chi connectivity index (χ4n) is 3.74. The zero-order valence-corrected chi connectivity index (χ0v) is 15.4. The number of piperidine rings is 1. The molecule has 0 spiro atoms. The molecule has 0 radical (unpaired) electrons. The third kappa shape index (κ3) is 4.31. The Morgan fingerprint density at radius 2 is 1.67 bits per heavy atom. The normalized spacial score (nSPS) is 15.7. The van der Waals surface area contributed by atoms with Gasteiger partial charge in [-0.25, -0.2) is 4.68 Å². The van der Waals surface area contributed by atoms with Crippen LogP contribution in [-0.4, -0.2) is 32.8 Å². The largest absolute Gasteiger partial charge is 0.299 e. The number of rotatable bonds is 5. The van der Waals surface area contributed by atoms with Crippen molar-refractivity contribution in [1.29, 1.82) is 0 Å². The Morgan fingerprint density at radius 1 is 0.926 bits per heavy atom. The smallest absolute Gasteiger partial charge is 0.274 e. The molecule has 0 aliphatic carbocycles. The van der Waals surface area contributed by atoms with Gasteiger partial charge < -0.3 is 0 Å². The molecule has 0 saturated carbocycles. The van der Waals surface area contributed by atoms with Crippen LogP contribution in [0, 0.1) is 5.92 Å². The quantitative estimate of drug-likeness (QED) is 0.701. The van der Waals surface area contributed by atoms with E-state index in [4.69, 9.17) is 0 Å². The number of pyridine rings is 1. The summed E-state index contributed by atoms with van der Waals surface area (Å²) >= 11 is 0. The van der Waals surface area contributed by atoms with E-state index in [0.717, 1.165) is 43.6 Å². The Hall–Kier alpha value is -2.79. The van der Waals surface area contributed by atoms with E-state index >= 15 is 0 Å². The Morgan fingerprint density at radius 3 is 2.41 bits per heavy atom. The van der Waals surface area contributed by atoms with Crippen molar-refractivity contribution in [3.63, 3.8) is 0 Å². The molecule has 3 aromatic rings. The number of benzene rings is 1. The average molecular weight is 360 g/mol. The lowest BCUT2D eigenvalue weighted by atomic mass is 9.96. The SMILES string of the molecule is O=c1c(-c2ccccc2)ccnn1CC1CCN(Cc2ccncc2)CC1. The topological polar surface area (TPSA) is 51.0 Å². The van der Waals surface area contributed by atoms with E-state index in [-0.39, 0.29) is 5.56 Å². The summed E-state index contributed by atoms with van der Waals surface area (Å²) in [7, 11) is 0. The lowest BCUT2D eigenvalue weighted by Gasteiger charge is -2.32. The zero-order chi connectivity index (χ0) is 18.5. The van der Waals surface area contributed by atoms with E-state index in [0.29, 0.717) is 12.5 Å². The molecule has 1 fully saturated rings. The molecule has 4 rings (SSSR count). The van der Waals surface area contributed by atoms with Crippen LogP contribution >= 0.6 is 0 Å². The minimum atomic E-state index is 0.00270. The molecule has 0 bridgehead atoms. The van der Waals surface area contributed by atoms with Gasteiger partial charge in [-0.2, -0.15) is 5.10 Å². The van der Waals surface area contributed by atoms with Crippen LogP contribution in [0.2, 0.25) is 0 Å². The summed E-state index contributed by atoms with van der Waals surface area (Å²) in [5, 5.41) is 4.33. The van der Waals surface area contributed by atoms with Crippen LogP contribution in [0.1, 0.15) is 18.4 Å². The third-order valence-electron chi connectivity index (χ3n) is 5.29. The predicted octanol–water partition coefficient (Wildman–Crippen LogP) is 3.22. The monoisotopic (exact) mass is 360 g/mol. The highest BCUT2D eigenvalue weighted by molar-refractivity contribution is 5.61. The summed E-state index contributed by atoms with van der Waals surface area (Å²) in [5.41, 5.74) is 2.98. The molecule has 3 heterocycles. The molecule has 2 aromatic heterocycles. The fraction of sp³-hybridized carbons (Fsp3) is 0.318. The van der Waals surface area contributed by atoms with Gasteiger partial charge in [0.25, 0.3) is 5.56 Å². The van der Waals surface area contributed by atoms with Crippen molar-refractivity contribution in [3.8, 4) is 11.1 Å². The highest BCUT2D eigenvalue weighted by atomic mass is 16.1. The van der Waals surface area contributed by atoms with Gasteiger partial charge in [0.1, 0.15) is 0 Å². The van der Waals surface area contributed by atoms with Crippen LogP contribution in [0.4, 0.5) is 0 Å². The van der Waals surface area contributed by atoms with Gasteiger partial charge >= 0.3 is 0 Å². The van der Waals surface area contributed by atoms with Crippen molar-refractivity contribution < 1.29 is 0 Å². The van der Waals surface area contributed by atoms with E-state index in [1.54, 1.807) is 10.9 Å². The number of aromatic nitrogens is 3. The molecular formula is C22H24N4O. The Labute approximate surface area is 159 Å². The molecule has 5 heteroatoms. The summed E-state index contributed by atoms with van der Waals surface area (Å²) in [6, 6.07) is 15.8. The van der Waals surface area contributed by atoms with Crippen molar-refractivity contribution in [2.24, 2.45) is 5.92 Å². The first kappa shape index (κ1) is 17.6. The van der Waals surface area contributed by atoms with Gasteiger partial charge in [-0.05, 0) is 61.2 Å². The maximum absolute atomic E-state index is 12.8. The second-order valence-electron chi connectivity index (χ2n) is 7.17. The molecule has 0 N–H and O–H groups in total. The fourth-order valence-corrected chi connectivity index (χ4v) is 3.74. The van der Waals surface area contributed by atoms with E-state index in [2.05, 4.69) is 27.1 Å². The molecule has 138 valence electrons. The summed E-state index contributed by atoms with van der Waals surface area (Å²) in [5.74, 6) is 0.495. The average Bonchev–Trinajstić information content (AvgIpc) is 2.72. The van der Waals surface area contributed by atoms with Gasteiger partial charge in [-0.15, -0.1) is 0 Å². The molecule has 1 aliphatic heterocycles. The molecule has 1 aliphatic rings. The molecular weight excluding hydrogens is 336 g/mol. The number of hydrogen-bond acceptors (Lipinski definition) is 4. The van der Waals surface area contributed by atoms with Crippen molar-refractivity contribution >= 4 is 0 Å². The minimum Gasteiger partial charge on any atom is -0.299 e. The molecule has 0 amide bonds. The number of hydrogen-bond donors (Lipinski definition) is 0. The molecule has 5 nitrogen and oxygen atoms in total. The molecule has 1 aromatic carbocycles. The molecule has 1 saturated heterocycles. The van der Waals surface area contributed by atoms with E-state index in [9.17, 15) is 4.79 Å². The maximum atomic E-state index is 12.8. The first-order valence-electron chi connectivity index (χ1n) is 9.52. The van der Waals surface area contributed by atoms with Gasteiger partial charge in [0.15, 0.2) is 0 Å². The number of likely N-dealkylation sites (tertiary alicyclic amines) is 1. The molecule has 0 atom stereocenters. The number of nitrogens with zero attached hydrogens (tertiary/aromatic N) is 4. The van der Waals surface area contributed by atoms with Crippen LogP contribution in [0.5, 0.6) is 0 Å². The second kappa shape index (κ2) is 8.27. The van der Waals surface area contributed by atoms with Gasteiger partial charge in [0.05, 0.1) is 5.56 Å². The highest BCUT2D eigenvalue weighted by Crippen LogP contribution is 2.20. The van der Waals surface area contributed by atoms with E-state index in [1.165, 1.54) is 5.56 Å². The van der Waals surface area contributed by atoms with Crippen molar-refractivity contribution in [2.75, 3.05) is 13.1 Å². The standard InChI is InChI=1S/C22H24N4O/c27-22-21(20-4-2-1-3-5-20)8-13-24-26(22)17-19-9-14-25(15-10-19)16-18-6-11-23-12-7-18/h1-8,11-13,19H,9-10,14-17H2. The lowest BCUT2D eigenvalue weighted by Crippen LogP contribution is -2.36. The van der Waals surface area contributed by atoms with Gasteiger partial charge in [-0.3, -0.25) is 14.7 Å². The zero-order valence-electron chi connectivity index (χ0n) is 15.4. The van der Waals surface area contributed by atoms with Crippen LogP contribution in [0.3, 0.4) is 0 Å². The van der Waals surface area contributed by atoms with Crippen molar-refractivity contribution in [2.45, 2.75) is 25.9 Å². The Bertz CT molecular complexity index is 916. The van der Waals surface area contributed by atoms with Gasteiger partial charge in [0, 0.05) is 31.7 Å². The molecule has 27 heavy (non-hydrogen) atoms. The Balaban J connectivity index is 1.39. The first-order chi connectivity index (χ1) is 13.3. The summed E-state index contributed by atoms with van der Waals surface area (Å²) in [6.07, 6.45) is 7.62. The Kier molecular flexibility index (Phi) is 5.39. The first-order valence-corrected chi connectivity index (χ1v) is 9.52. The maximum Gasteiger partial charge on any atom is 0.274 e. The van der Waals surface area contributed by atoms with E-state index in [1.807, 2.05) is 48.8 Å². The predicted molar refractivity (Wildman–Crippen MR) is 106 cm³/mol. The highest BCUT2D eigenvalue weighted by Gasteiger charge is 2.20. The van der Waals surface area contributed by atoms with Gasteiger partial charge in [0.2, 0.25) is 0 Å². The van der Waals surface area contributed by atoms with Crippen LogP contribution in [0.25, 0.3) is 11.1 Å². The minimum absolute atomic E-state index is 0.00270. The van der Waals surface area contributed by atoms with Gasteiger partial charge in [-0.1, -0.05) is 30.3 Å². The van der Waals surface area contributed by atoms with E-state index < -0.39 is 0 Å². The third-order valence-corrected chi connectivity index (χ3v) is 5.29. The van der Waals surface area contributed by atoms with Crippen LogP contribution in [-0.2, 0) is 13.1 Å². The van der Waals surface area contributed by atoms with Crippen molar-refractivity contribution in [3.05, 3.63) is 83.0 Å². The lowest BCUT2D eigenvalue weighted by molar-refractivity contribution is 0.163.